The molecule has 0 saturated carbocycles. The molecule has 0 bridgehead atoms. The Morgan fingerprint density at radius 1 is 1.29 bits per heavy atom. The van der Waals surface area contributed by atoms with Gasteiger partial charge in [-0.1, -0.05) is 6.92 Å². The topological polar surface area (TPSA) is 55.0 Å². The number of hydrogen-bond acceptors (Lipinski definition) is 5. The number of rotatable bonds is 2. The number of nitrogens with two attached hydrogens (primary N) is 1. The fraction of sp³-hybridized carbons (Fsp3) is 0.667. The number of aromatic nitrogens is 2. The zero-order valence-corrected chi connectivity index (χ0v) is 11.4. The van der Waals surface area contributed by atoms with Crippen molar-refractivity contribution in [1.29, 1.82) is 0 Å². The molecule has 0 atom stereocenters. The number of hydrogen-bond donors (Lipinski definition) is 1. The number of nitrogens with zero attached hydrogens (tertiary/aromatic N) is 3. The van der Waals surface area contributed by atoms with E-state index in [4.69, 9.17) is 5.73 Å². The van der Waals surface area contributed by atoms with Gasteiger partial charge in [0.2, 0.25) is 0 Å². The fourth-order valence-corrected chi connectivity index (χ4v) is 2.88. The highest BCUT2D eigenvalue weighted by atomic mass is 32.2. The molecule has 2 N–H and O–H groups in total. The maximum atomic E-state index is 5.96. The minimum atomic E-state index is 0.628. The van der Waals surface area contributed by atoms with Crippen molar-refractivity contribution in [3.8, 4) is 0 Å². The maximum Gasteiger partial charge on any atom is 0.137 e. The molecular weight excluding hydrogens is 232 g/mol. The van der Waals surface area contributed by atoms with Crippen LogP contribution < -0.4 is 10.6 Å². The number of thioether (sulfide) groups is 1. The summed E-state index contributed by atoms with van der Waals surface area (Å²) >= 11 is 2.02. The first-order chi connectivity index (χ1) is 8.22. The van der Waals surface area contributed by atoms with Crippen LogP contribution in [0.15, 0.2) is 0 Å². The Bertz CT molecular complexity index is 386. The summed E-state index contributed by atoms with van der Waals surface area (Å²) in [6, 6.07) is 0. The number of nitrogen functional groups attached to an aromatic ring is 1. The van der Waals surface area contributed by atoms with E-state index in [-0.39, 0.29) is 0 Å². The molecule has 1 aromatic rings. The molecule has 5 heteroatoms. The van der Waals surface area contributed by atoms with E-state index in [2.05, 4.69) is 21.8 Å². The summed E-state index contributed by atoms with van der Waals surface area (Å²) in [6.45, 7) is 6.22. The molecule has 2 heterocycles. The lowest BCUT2D eigenvalue weighted by Gasteiger charge is -2.23. The normalized spacial score (nSPS) is 16.9. The molecule has 0 spiro atoms. The van der Waals surface area contributed by atoms with Crippen LogP contribution in [-0.4, -0.2) is 34.6 Å². The van der Waals surface area contributed by atoms with Crippen molar-refractivity contribution in [2.75, 3.05) is 35.2 Å². The van der Waals surface area contributed by atoms with Gasteiger partial charge in [-0.25, -0.2) is 9.97 Å². The van der Waals surface area contributed by atoms with Crippen LogP contribution in [0.5, 0.6) is 0 Å². The lowest BCUT2D eigenvalue weighted by molar-refractivity contribution is 0.784. The Hall–Kier alpha value is -0.970. The van der Waals surface area contributed by atoms with Crippen LogP contribution in [-0.2, 0) is 6.42 Å². The second-order valence-corrected chi connectivity index (χ2v) is 5.50. The van der Waals surface area contributed by atoms with Crippen LogP contribution in [0.25, 0.3) is 0 Å². The largest absolute Gasteiger partial charge is 0.383 e. The summed E-state index contributed by atoms with van der Waals surface area (Å²) in [7, 11) is 0. The monoisotopic (exact) mass is 252 g/mol. The molecule has 1 aliphatic rings. The van der Waals surface area contributed by atoms with Gasteiger partial charge in [-0.3, -0.25) is 0 Å². The van der Waals surface area contributed by atoms with Gasteiger partial charge in [0.25, 0.3) is 0 Å². The quantitative estimate of drug-likeness (QED) is 0.871. The molecule has 94 valence electrons. The van der Waals surface area contributed by atoms with Crippen molar-refractivity contribution in [3.05, 3.63) is 11.4 Å². The summed E-state index contributed by atoms with van der Waals surface area (Å²) in [5.74, 6) is 4.93. The highest BCUT2D eigenvalue weighted by Gasteiger charge is 2.16. The molecule has 0 unspecified atom stereocenters. The molecule has 0 aromatic carbocycles. The number of aryl methyl sites for hydroxylation is 1. The Kier molecular flexibility index (Phi) is 4.10. The predicted octanol–water partition coefficient (Wildman–Crippen LogP) is 1.87. The molecule has 0 aliphatic carbocycles. The summed E-state index contributed by atoms with van der Waals surface area (Å²) in [4.78, 5) is 11.3. The first-order valence-corrected chi connectivity index (χ1v) is 7.33. The molecule has 1 saturated heterocycles. The summed E-state index contributed by atoms with van der Waals surface area (Å²) in [5, 5.41) is 0. The molecule has 1 fully saturated rings. The average Bonchev–Trinajstić information content (AvgIpc) is 2.61. The van der Waals surface area contributed by atoms with E-state index in [1.165, 1.54) is 17.9 Å². The maximum absolute atomic E-state index is 5.96. The van der Waals surface area contributed by atoms with Crippen molar-refractivity contribution in [3.63, 3.8) is 0 Å². The molecule has 1 aromatic heterocycles. The van der Waals surface area contributed by atoms with E-state index in [1.807, 2.05) is 18.7 Å². The van der Waals surface area contributed by atoms with Crippen LogP contribution in [0, 0.1) is 6.92 Å². The summed E-state index contributed by atoms with van der Waals surface area (Å²) in [6.07, 6.45) is 2.05. The lowest BCUT2D eigenvalue weighted by atomic mass is 10.2. The third kappa shape index (κ3) is 2.83. The van der Waals surface area contributed by atoms with Crippen LogP contribution in [0.3, 0.4) is 0 Å². The Labute approximate surface area is 107 Å². The van der Waals surface area contributed by atoms with Crippen molar-refractivity contribution >= 4 is 23.4 Å². The average molecular weight is 252 g/mol. The molecular formula is C12H20N4S. The first kappa shape index (κ1) is 12.5. The smallest absolute Gasteiger partial charge is 0.137 e. The Morgan fingerprint density at radius 2 is 2.12 bits per heavy atom. The SMILES string of the molecule is CCc1nc(N)c(C)c(N2CCCSCC2)n1. The number of anilines is 2. The van der Waals surface area contributed by atoms with E-state index in [0.717, 1.165) is 36.7 Å². The van der Waals surface area contributed by atoms with Gasteiger partial charge in [0.1, 0.15) is 17.5 Å². The van der Waals surface area contributed by atoms with Gasteiger partial charge in [0, 0.05) is 30.8 Å². The van der Waals surface area contributed by atoms with E-state index < -0.39 is 0 Å². The van der Waals surface area contributed by atoms with Crippen LogP contribution >= 0.6 is 11.8 Å². The summed E-state index contributed by atoms with van der Waals surface area (Å²) in [5.41, 5.74) is 6.98. The lowest BCUT2D eigenvalue weighted by Crippen LogP contribution is -2.28. The Morgan fingerprint density at radius 3 is 2.88 bits per heavy atom. The molecule has 0 radical (unpaired) electrons. The molecule has 1 aliphatic heterocycles. The van der Waals surface area contributed by atoms with Crippen molar-refractivity contribution in [1.82, 2.24) is 9.97 Å². The minimum absolute atomic E-state index is 0.628. The standard InChI is InChI=1S/C12H20N4S/c1-3-10-14-11(13)9(2)12(15-10)16-5-4-7-17-8-6-16/h3-8H2,1-2H3,(H2,13,14,15). The predicted molar refractivity (Wildman–Crippen MR) is 74.7 cm³/mol. The van der Waals surface area contributed by atoms with Gasteiger partial charge in [-0.2, -0.15) is 11.8 Å². The first-order valence-electron chi connectivity index (χ1n) is 6.18. The van der Waals surface area contributed by atoms with Gasteiger partial charge in [-0.15, -0.1) is 0 Å². The van der Waals surface area contributed by atoms with Crippen molar-refractivity contribution < 1.29 is 0 Å². The van der Waals surface area contributed by atoms with E-state index in [0.29, 0.717) is 5.82 Å². The third-order valence-electron chi connectivity index (χ3n) is 3.04. The molecule has 17 heavy (non-hydrogen) atoms. The zero-order valence-electron chi connectivity index (χ0n) is 10.6. The highest BCUT2D eigenvalue weighted by molar-refractivity contribution is 7.99. The molecule has 2 rings (SSSR count). The van der Waals surface area contributed by atoms with Crippen LogP contribution in [0.4, 0.5) is 11.6 Å². The van der Waals surface area contributed by atoms with E-state index >= 15 is 0 Å². The summed E-state index contributed by atoms with van der Waals surface area (Å²) < 4.78 is 0. The molecule has 0 amide bonds. The molecule has 4 nitrogen and oxygen atoms in total. The van der Waals surface area contributed by atoms with E-state index in [1.54, 1.807) is 0 Å². The van der Waals surface area contributed by atoms with Gasteiger partial charge < -0.3 is 10.6 Å². The van der Waals surface area contributed by atoms with Gasteiger partial charge in [-0.05, 0) is 19.1 Å². The Balaban J connectivity index is 2.31. The van der Waals surface area contributed by atoms with E-state index in [9.17, 15) is 0 Å². The van der Waals surface area contributed by atoms with Gasteiger partial charge in [0.05, 0.1) is 0 Å². The third-order valence-corrected chi connectivity index (χ3v) is 4.09. The van der Waals surface area contributed by atoms with Crippen molar-refractivity contribution in [2.24, 2.45) is 0 Å². The van der Waals surface area contributed by atoms with Crippen LogP contribution in [0.2, 0.25) is 0 Å². The second kappa shape index (κ2) is 5.58. The zero-order chi connectivity index (χ0) is 12.3. The van der Waals surface area contributed by atoms with Gasteiger partial charge >= 0.3 is 0 Å². The van der Waals surface area contributed by atoms with Crippen LogP contribution in [0.1, 0.15) is 24.7 Å². The minimum Gasteiger partial charge on any atom is -0.383 e. The second-order valence-electron chi connectivity index (χ2n) is 4.28. The fourth-order valence-electron chi connectivity index (χ4n) is 1.99. The highest BCUT2D eigenvalue weighted by Crippen LogP contribution is 2.24. The van der Waals surface area contributed by atoms with Gasteiger partial charge in [0.15, 0.2) is 0 Å². The van der Waals surface area contributed by atoms with Crippen molar-refractivity contribution in [2.45, 2.75) is 26.7 Å².